The first-order valence-electron chi connectivity index (χ1n) is 6.75. The number of nitrogens with zero attached hydrogens (tertiary/aromatic N) is 3. The zero-order valence-electron chi connectivity index (χ0n) is 11.6. The number of hydrogen-bond acceptors (Lipinski definition) is 4. The summed E-state index contributed by atoms with van der Waals surface area (Å²) in [5.74, 6) is 0.592. The topological polar surface area (TPSA) is 61.6 Å². The molecule has 0 saturated heterocycles. The Morgan fingerprint density at radius 1 is 1.14 bits per heavy atom. The fourth-order valence-electron chi connectivity index (χ4n) is 2.22. The van der Waals surface area contributed by atoms with Crippen LogP contribution >= 0.6 is 0 Å². The van der Waals surface area contributed by atoms with Gasteiger partial charge in [0.05, 0.1) is 22.8 Å². The molecule has 1 atom stereocenters. The second kappa shape index (κ2) is 5.59. The normalized spacial score (nSPS) is 11.8. The number of rotatable bonds is 3. The Bertz CT molecular complexity index is 806. The van der Waals surface area contributed by atoms with Gasteiger partial charge >= 0.3 is 0 Å². The lowest BCUT2D eigenvalue weighted by Gasteiger charge is -2.15. The fourth-order valence-corrected chi connectivity index (χ4v) is 2.22. The highest BCUT2D eigenvalue weighted by Gasteiger charge is 2.11. The molecule has 1 aromatic carbocycles. The Labute approximate surface area is 123 Å². The Hall–Kier alpha value is -2.93. The molecule has 1 N–H and O–H groups in total. The monoisotopic (exact) mass is 274 g/mol. The first-order chi connectivity index (χ1) is 10.3. The van der Waals surface area contributed by atoms with E-state index in [0.29, 0.717) is 11.4 Å². The molecule has 0 amide bonds. The third kappa shape index (κ3) is 2.67. The number of hydrogen-bond donors (Lipinski definition) is 1. The standard InChI is InChI=1S/C17H14N4/c1-12(15-7-4-5-9-19-15)20-17-14(11-18)10-13-6-2-3-8-16(13)21-17/h2-10,12H,1H3,(H,20,21). The van der Waals surface area contributed by atoms with Gasteiger partial charge in [-0.25, -0.2) is 4.98 Å². The van der Waals surface area contributed by atoms with Crippen molar-refractivity contribution in [3.63, 3.8) is 0 Å². The van der Waals surface area contributed by atoms with Gasteiger partial charge in [-0.05, 0) is 31.2 Å². The molecule has 2 aromatic heterocycles. The summed E-state index contributed by atoms with van der Waals surface area (Å²) in [5, 5.41) is 13.6. The number of pyridine rings is 2. The number of anilines is 1. The quantitative estimate of drug-likeness (QED) is 0.791. The van der Waals surface area contributed by atoms with Gasteiger partial charge in [-0.15, -0.1) is 0 Å². The minimum Gasteiger partial charge on any atom is -0.361 e. The van der Waals surface area contributed by atoms with Crippen molar-refractivity contribution in [3.05, 3.63) is 66.0 Å². The molecular formula is C17H14N4. The van der Waals surface area contributed by atoms with E-state index in [2.05, 4.69) is 21.4 Å². The van der Waals surface area contributed by atoms with E-state index in [9.17, 15) is 5.26 Å². The van der Waals surface area contributed by atoms with Gasteiger partial charge in [-0.1, -0.05) is 24.3 Å². The second-order valence-corrected chi connectivity index (χ2v) is 4.81. The van der Waals surface area contributed by atoms with E-state index >= 15 is 0 Å². The number of nitriles is 1. The van der Waals surface area contributed by atoms with E-state index in [1.165, 1.54) is 0 Å². The Morgan fingerprint density at radius 2 is 1.95 bits per heavy atom. The van der Waals surface area contributed by atoms with Crippen LogP contribution in [0.5, 0.6) is 0 Å². The van der Waals surface area contributed by atoms with Crippen LogP contribution in [0.3, 0.4) is 0 Å². The van der Waals surface area contributed by atoms with Crippen molar-refractivity contribution < 1.29 is 0 Å². The molecule has 4 nitrogen and oxygen atoms in total. The van der Waals surface area contributed by atoms with Crippen LogP contribution in [0.1, 0.15) is 24.2 Å². The average Bonchev–Trinajstić information content (AvgIpc) is 2.55. The van der Waals surface area contributed by atoms with Gasteiger partial charge < -0.3 is 5.32 Å². The minimum atomic E-state index is -0.0213. The van der Waals surface area contributed by atoms with Crippen LogP contribution < -0.4 is 5.32 Å². The van der Waals surface area contributed by atoms with Gasteiger partial charge in [0.1, 0.15) is 11.9 Å². The zero-order valence-corrected chi connectivity index (χ0v) is 11.6. The highest BCUT2D eigenvalue weighted by Crippen LogP contribution is 2.23. The lowest BCUT2D eigenvalue weighted by atomic mass is 10.1. The Morgan fingerprint density at radius 3 is 2.71 bits per heavy atom. The summed E-state index contributed by atoms with van der Waals surface area (Å²) in [5.41, 5.74) is 2.32. The maximum atomic E-state index is 9.32. The predicted molar refractivity (Wildman–Crippen MR) is 82.7 cm³/mol. The van der Waals surface area contributed by atoms with Crippen molar-refractivity contribution in [2.45, 2.75) is 13.0 Å². The molecule has 4 heteroatoms. The van der Waals surface area contributed by atoms with E-state index in [4.69, 9.17) is 0 Å². The zero-order chi connectivity index (χ0) is 14.7. The molecule has 3 rings (SSSR count). The van der Waals surface area contributed by atoms with Crippen LogP contribution in [0.4, 0.5) is 5.82 Å². The summed E-state index contributed by atoms with van der Waals surface area (Å²) in [6.45, 7) is 2.00. The number of aromatic nitrogens is 2. The fraction of sp³-hybridized carbons (Fsp3) is 0.118. The highest BCUT2D eigenvalue weighted by atomic mass is 15.0. The van der Waals surface area contributed by atoms with E-state index in [-0.39, 0.29) is 6.04 Å². The Kier molecular flexibility index (Phi) is 3.48. The van der Waals surface area contributed by atoms with Gasteiger partial charge in [0.2, 0.25) is 0 Å². The molecular weight excluding hydrogens is 260 g/mol. The van der Waals surface area contributed by atoms with Gasteiger partial charge in [0.15, 0.2) is 0 Å². The summed E-state index contributed by atoms with van der Waals surface area (Å²) in [4.78, 5) is 8.87. The molecule has 0 aliphatic rings. The first-order valence-corrected chi connectivity index (χ1v) is 6.75. The van der Waals surface area contributed by atoms with Crippen LogP contribution in [-0.2, 0) is 0 Å². The van der Waals surface area contributed by atoms with E-state index in [0.717, 1.165) is 16.6 Å². The smallest absolute Gasteiger partial charge is 0.145 e. The third-order valence-corrected chi connectivity index (χ3v) is 3.33. The summed E-state index contributed by atoms with van der Waals surface area (Å²) in [7, 11) is 0. The van der Waals surface area contributed by atoms with Crippen molar-refractivity contribution in [2.75, 3.05) is 5.32 Å². The average molecular weight is 274 g/mol. The molecule has 0 aliphatic heterocycles. The SMILES string of the molecule is CC(Nc1nc2ccccc2cc1C#N)c1ccccn1. The van der Waals surface area contributed by atoms with E-state index in [1.54, 1.807) is 6.20 Å². The molecule has 21 heavy (non-hydrogen) atoms. The maximum absolute atomic E-state index is 9.32. The van der Waals surface area contributed by atoms with Crippen LogP contribution in [-0.4, -0.2) is 9.97 Å². The molecule has 0 fully saturated rings. The molecule has 0 saturated carbocycles. The molecule has 0 bridgehead atoms. The van der Waals surface area contributed by atoms with Crippen molar-refractivity contribution in [1.29, 1.82) is 5.26 Å². The molecule has 2 heterocycles. The second-order valence-electron chi connectivity index (χ2n) is 4.81. The minimum absolute atomic E-state index is 0.0213. The van der Waals surface area contributed by atoms with E-state index < -0.39 is 0 Å². The summed E-state index contributed by atoms with van der Waals surface area (Å²) < 4.78 is 0. The Balaban J connectivity index is 1.98. The summed E-state index contributed by atoms with van der Waals surface area (Å²) in [6, 6.07) is 17.6. The molecule has 102 valence electrons. The van der Waals surface area contributed by atoms with Crippen LogP contribution in [0, 0.1) is 11.3 Å². The summed E-state index contributed by atoms with van der Waals surface area (Å²) >= 11 is 0. The number of nitrogens with one attached hydrogen (secondary N) is 1. The number of fused-ring (bicyclic) bond motifs is 1. The lowest BCUT2D eigenvalue weighted by molar-refractivity contribution is 0.832. The van der Waals surface area contributed by atoms with Crippen molar-refractivity contribution in [2.24, 2.45) is 0 Å². The summed E-state index contributed by atoms with van der Waals surface area (Å²) in [6.07, 6.45) is 1.76. The van der Waals surface area contributed by atoms with Gasteiger partial charge in [-0.2, -0.15) is 5.26 Å². The molecule has 3 aromatic rings. The van der Waals surface area contributed by atoms with Crippen molar-refractivity contribution in [3.8, 4) is 6.07 Å². The molecule has 1 unspecified atom stereocenters. The lowest BCUT2D eigenvalue weighted by Crippen LogP contribution is -2.10. The van der Waals surface area contributed by atoms with Crippen LogP contribution in [0.25, 0.3) is 10.9 Å². The number of benzene rings is 1. The van der Waals surface area contributed by atoms with Crippen LogP contribution in [0.2, 0.25) is 0 Å². The van der Waals surface area contributed by atoms with Gasteiger partial charge in [-0.3, -0.25) is 4.98 Å². The largest absolute Gasteiger partial charge is 0.361 e. The predicted octanol–water partition coefficient (Wildman–Crippen LogP) is 3.67. The number of para-hydroxylation sites is 1. The first kappa shape index (κ1) is 13.1. The van der Waals surface area contributed by atoms with Gasteiger partial charge in [0.25, 0.3) is 0 Å². The van der Waals surface area contributed by atoms with Crippen molar-refractivity contribution in [1.82, 2.24) is 9.97 Å². The third-order valence-electron chi connectivity index (χ3n) is 3.33. The highest BCUT2D eigenvalue weighted by molar-refractivity contribution is 5.82. The van der Waals surface area contributed by atoms with Gasteiger partial charge in [0, 0.05) is 11.6 Å². The molecule has 0 aliphatic carbocycles. The molecule has 0 radical (unpaired) electrons. The van der Waals surface area contributed by atoms with Crippen molar-refractivity contribution >= 4 is 16.7 Å². The van der Waals surface area contributed by atoms with Crippen LogP contribution in [0.15, 0.2) is 54.7 Å². The maximum Gasteiger partial charge on any atom is 0.145 e. The van der Waals surface area contributed by atoms with E-state index in [1.807, 2.05) is 55.5 Å². The molecule has 0 spiro atoms.